The number of hydrogen-bond donors (Lipinski definition) is 2. The van der Waals surface area contributed by atoms with Crippen molar-refractivity contribution in [3.05, 3.63) is 40.9 Å². The van der Waals surface area contributed by atoms with Gasteiger partial charge in [0.15, 0.2) is 5.13 Å². The van der Waals surface area contributed by atoms with Crippen molar-refractivity contribution in [3.63, 3.8) is 0 Å². The Morgan fingerprint density at radius 2 is 2.33 bits per heavy atom. The number of rotatable bonds is 3. The number of nitrogens with one attached hydrogen (secondary N) is 1. The summed E-state index contributed by atoms with van der Waals surface area (Å²) in [5.41, 5.74) is 6.51. The minimum Gasteiger partial charge on any atom is -0.323 e. The number of carbonyl (C=O) groups is 1. The number of aromatic nitrogens is 2. The summed E-state index contributed by atoms with van der Waals surface area (Å²) < 4.78 is 12.9. The van der Waals surface area contributed by atoms with Crippen LogP contribution >= 0.6 is 11.3 Å². The van der Waals surface area contributed by atoms with Crippen LogP contribution in [0.1, 0.15) is 29.0 Å². The van der Waals surface area contributed by atoms with Crippen LogP contribution in [0.3, 0.4) is 0 Å². The third-order valence-electron chi connectivity index (χ3n) is 2.18. The van der Waals surface area contributed by atoms with Gasteiger partial charge in [-0.15, -0.1) is 11.3 Å². The fourth-order valence-corrected chi connectivity index (χ4v) is 2.07. The smallest absolute Gasteiger partial charge is 0.259 e. The molecule has 2 heterocycles. The molecule has 0 saturated heterocycles. The first-order valence-corrected chi connectivity index (χ1v) is 6.07. The Morgan fingerprint density at radius 1 is 1.56 bits per heavy atom. The average Bonchev–Trinajstić information content (AvgIpc) is 2.77. The molecule has 18 heavy (non-hydrogen) atoms. The van der Waals surface area contributed by atoms with E-state index in [0.717, 1.165) is 12.3 Å². The molecule has 3 N–H and O–H groups in total. The Morgan fingerprint density at radius 3 is 2.94 bits per heavy atom. The maximum absolute atomic E-state index is 12.9. The summed E-state index contributed by atoms with van der Waals surface area (Å²) in [4.78, 5) is 19.5. The van der Waals surface area contributed by atoms with Crippen molar-refractivity contribution in [2.24, 2.45) is 5.73 Å². The number of thiazole rings is 1. The van der Waals surface area contributed by atoms with Crippen molar-refractivity contribution in [2.75, 3.05) is 5.32 Å². The quantitative estimate of drug-likeness (QED) is 0.889. The van der Waals surface area contributed by atoms with Crippen LogP contribution in [-0.4, -0.2) is 15.9 Å². The molecule has 0 aliphatic carbocycles. The highest BCUT2D eigenvalue weighted by Gasteiger charge is 2.11. The molecule has 2 aromatic heterocycles. The first-order chi connectivity index (χ1) is 8.56. The van der Waals surface area contributed by atoms with Crippen LogP contribution in [0.25, 0.3) is 0 Å². The van der Waals surface area contributed by atoms with E-state index in [1.54, 1.807) is 12.3 Å². The van der Waals surface area contributed by atoms with E-state index < -0.39 is 11.7 Å². The molecule has 2 rings (SSSR count). The van der Waals surface area contributed by atoms with Gasteiger partial charge in [0.25, 0.3) is 5.91 Å². The lowest BCUT2D eigenvalue weighted by molar-refractivity contribution is 0.102. The van der Waals surface area contributed by atoms with Gasteiger partial charge in [0.2, 0.25) is 0 Å². The predicted molar refractivity (Wildman–Crippen MR) is 66.9 cm³/mol. The molecule has 94 valence electrons. The van der Waals surface area contributed by atoms with E-state index >= 15 is 0 Å². The van der Waals surface area contributed by atoms with E-state index in [-0.39, 0.29) is 11.6 Å². The monoisotopic (exact) mass is 266 g/mol. The molecule has 1 amide bonds. The van der Waals surface area contributed by atoms with Gasteiger partial charge in [0.05, 0.1) is 17.5 Å². The van der Waals surface area contributed by atoms with E-state index in [0.29, 0.717) is 10.8 Å². The fraction of sp³-hybridized carbons (Fsp3) is 0.182. The minimum absolute atomic E-state index is 0.146. The summed E-state index contributed by atoms with van der Waals surface area (Å²) in [6.45, 7) is 1.80. The van der Waals surface area contributed by atoms with Crippen LogP contribution < -0.4 is 11.1 Å². The summed E-state index contributed by atoms with van der Waals surface area (Å²) in [6, 6.07) is 0.922. The van der Waals surface area contributed by atoms with Crippen molar-refractivity contribution in [3.8, 4) is 0 Å². The summed E-state index contributed by atoms with van der Waals surface area (Å²) >= 11 is 1.27. The SMILES string of the molecule is CC(N)c1csc(NC(=O)c2cncc(F)c2)n1. The highest BCUT2D eigenvalue weighted by molar-refractivity contribution is 7.14. The van der Waals surface area contributed by atoms with Crippen molar-refractivity contribution in [2.45, 2.75) is 13.0 Å². The van der Waals surface area contributed by atoms with Crippen LogP contribution in [-0.2, 0) is 0 Å². The largest absolute Gasteiger partial charge is 0.323 e. The van der Waals surface area contributed by atoms with E-state index in [2.05, 4.69) is 15.3 Å². The third kappa shape index (κ3) is 2.88. The molecule has 0 aliphatic rings. The summed E-state index contributed by atoms with van der Waals surface area (Å²) in [6.07, 6.45) is 2.33. The van der Waals surface area contributed by atoms with Crippen LogP contribution in [0.2, 0.25) is 0 Å². The molecule has 0 fully saturated rings. The summed E-state index contributed by atoms with van der Waals surface area (Å²) in [5.74, 6) is -1.01. The molecule has 1 unspecified atom stereocenters. The van der Waals surface area contributed by atoms with Gasteiger partial charge in [0.1, 0.15) is 5.82 Å². The van der Waals surface area contributed by atoms with Crippen LogP contribution in [0, 0.1) is 5.82 Å². The lowest BCUT2D eigenvalue weighted by Gasteiger charge is -2.01. The molecule has 7 heteroatoms. The zero-order valence-electron chi connectivity index (χ0n) is 9.55. The molecule has 0 radical (unpaired) electrons. The van der Waals surface area contributed by atoms with Gasteiger partial charge in [-0.1, -0.05) is 0 Å². The Hall–Kier alpha value is -1.86. The van der Waals surface area contributed by atoms with Crippen LogP contribution in [0.5, 0.6) is 0 Å². The van der Waals surface area contributed by atoms with Gasteiger partial charge in [0, 0.05) is 17.6 Å². The van der Waals surface area contributed by atoms with Crippen LogP contribution in [0.4, 0.5) is 9.52 Å². The van der Waals surface area contributed by atoms with Crippen molar-refractivity contribution in [1.82, 2.24) is 9.97 Å². The van der Waals surface area contributed by atoms with E-state index in [4.69, 9.17) is 5.73 Å². The second-order valence-electron chi connectivity index (χ2n) is 3.71. The first kappa shape index (κ1) is 12.6. The number of anilines is 1. The lowest BCUT2D eigenvalue weighted by atomic mass is 10.2. The second-order valence-corrected chi connectivity index (χ2v) is 4.57. The van der Waals surface area contributed by atoms with E-state index in [9.17, 15) is 9.18 Å². The minimum atomic E-state index is -0.557. The number of amides is 1. The second kappa shape index (κ2) is 5.19. The van der Waals surface area contributed by atoms with Gasteiger partial charge in [-0.3, -0.25) is 15.1 Å². The van der Waals surface area contributed by atoms with E-state index in [1.165, 1.54) is 17.5 Å². The summed E-state index contributed by atoms with van der Waals surface area (Å²) in [7, 11) is 0. The van der Waals surface area contributed by atoms with Crippen LogP contribution in [0.15, 0.2) is 23.8 Å². The molecule has 0 spiro atoms. The zero-order chi connectivity index (χ0) is 13.1. The maximum Gasteiger partial charge on any atom is 0.259 e. The van der Waals surface area contributed by atoms with Crippen molar-refractivity contribution >= 4 is 22.4 Å². The predicted octanol–water partition coefficient (Wildman–Crippen LogP) is 1.95. The molecule has 0 aliphatic heterocycles. The Labute approximate surface area is 107 Å². The average molecular weight is 266 g/mol. The first-order valence-electron chi connectivity index (χ1n) is 5.19. The molecular weight excluding hydrogens is 255 g/mol. The summed E-state index contributed by atoms with van der Waals surface area (Å²) in [5, 5.41) is 4.76. The Balaban J connectivity index is 2.11. The van der Waals surface area contributed by atoms with Gasteiger partial charge in [-0.25, -0.2) is 9.37 Å². The topological polar surface area (TPSA) is 80.9 Å². The third-order valence-corrected chi connectivity index (χ3v) is 2.95. The number of nitrogens with two attached hydrogens (primary N) is 1. The van der Waals surface area contributed by atoms with Gasteiger partial charge in [-0.05, 0) is 13.0 Å². The Bertz CT molecular complexity index is 570. The highest BCUT2D eigenvalue weighted by atomic mass is 32.1. The molecule has 5 nitrogen and oxygen atoms in total. The van der Waals surface area contributed by atoms with Crippen molar-refractivity contribution in [1.29, 1.82) is 0 Å². The Kier molecular flexibility index (Phi) is 3.63. The number of nitrogens with zero attached hydrogens (tertiary/aromatic N) is 2. The van der Waals surface area contributed by atoms with Gasteiger partial charge < -0.3 is 5.73 Å². The maximum atomic E-state index is 12.9. The van der Waals surface area contributed by atoms with E-state index in [1.807, 2.05) is 0 Å². The van der Waals surface area contributed by atoms with Gasteiger partial charge >= 0.3 is 0 Å². The molecular formula is C11H11FN4OS. The standard InChI is InChI=1S/C11H11FN4OS/c1-6(13)9-5-18-11(15-9)16-10(17)7-2-8(12)4-14-3-7/h2-6H,13H2,1H3,(H,15,16,17). The number of halogens is 1. The van der Waals surface area contributed by atoms with Crippen molar-refractivity contribution < 1.29 is 9.18 Å². The lowest BCUT2D eigenvalue weighted by Crippen LogP contribution is -2.13. The highest BCUT2D eigenvalue weighted by Crippen LogP contribution is 2.19. The molecule has 0 bridgehead atoms. The fourth-order valence-electron chi connectivity index (χ4n) is 1.26. The zero-order valence-corrected chi connectivity index (χ0v) is 10.4. The van der Waals surface area contributed by atoms with Gasteiger partial charge in [-0.2, -0.15) is 0 Å². The number of hydrogen-bond acceptors (Lipinski definition) is 5. The molecule has 0 aromatic carbocycles. The number of pyridine rings is 1. The molecule has 2 aromatic rings. The molecule has 1 atom stereocenters. The number of carbonyl (C=O) groups excluding carboxylic acids is 1. The normalized spacial score (nSPS) is 12.2. The molecule has 0 saturated carbocycles.